The monoisotopic (exact) mass is 502 g/mol. The highest BCUT2D eigenvalue weighted by Gasteiger charge is 2.78. The molecule has 3 rings (SSSR count). The van der Waals surface area contributed by atoms with E-state index in [9.17, 15) is 39.5 Å². The van der Waals surface area contributed by atoms with Gasteiger partial charge < -0.3 is 25.7 Å². The van der Waals surface area contributed by atoms with Gasteiger partial charge in [-0.3, -0.25) is 29.3 Å². The van der Waals surface area contributed by atoms with Crippen molar-refractivity contribution in [2.24, 2.45) is 28.6 Å². The smallest absolute Gasteiger partial charge is 0.311 e. The number of benzene rings is 2. The summed E-state index contributed by atoms with van der Waals surface area (Å²) in [6.45, 7) is 2.25. The van der Waals surface area contributed by atoms with Crippen molar-refractivity contribution in [1.82, 2.24) is 0 Å². The molecule has 14 heteroatoms. The minimum Gasteiger partial charge on any atom is -0.481 e. The molecule has 190 valence electrons. The van der Waals surface area contributed by atoms with Gasteiger partial charge in [-0.1, -0.05) is 4.99 Å². The van der Waals surface area contributed by atoms with Crippen LogP contribution in [0.15, 0.2) is 48.5 Å². The van der Waals surface area contributed by atoms with Crippen molar-refractivity contribution < 1.29 is 44.2 Å². The molecule has 2 unspecified atom stereocenters. The van der Waals surface area contributed by atoms with Gasteiger partial charge in [-0.15, -0.1) is 0 Å². The number of nitro groups is 1. The van der Waals surface area contributed by atoms with Crippen LogP contribution in [0, 0.1) is 32.8 Å². The molecule has 1 saturated carbocycles. The molecular formula is C22H22N4O10. The third-order valence-electron chi connectivity index (χ3n) is 6.46. The molecule has 2 atom stereocenters. The van der Waals surface area contributed by atoms with Gasteiger partial charge >= 0.3 is 11.9 Å². The van der Waals surface area contributed by atoms with Crippen LogP contribution >= 0.6 is 0 Å². The van der Waals surface area contributed by atoms with Crippen LogP contribution in [0.3, 0.4) is 0 Å². The minimum atomic E-state index is -2.10. The summed E-state index contributed by atoms with van der Waals surface area (Å²) in [4.78, 5) is 69.8. The zero-order valence-electron chi connectivity index (χ0n) is 19.0. The number of carboxylic acid groups (broad SMARTS) is 2. The molecule has 2 aromatic rings. The molecule has 0 radical (unpaired) electrons. The second-order valence-corrected chi connectivity index (χ2v) is 8.53. The highest BCUT2D eigenvalue weighted by Crippen LogP contribution is 2.64. The molecular weight excluding hydrogens is 480 g/mol. The Labute approximate surface area is 203 Å². The first-order valence-electron chi connectivity index (χ1n) is 10.3. The van der Waals surface area contributed by atoms with Crippen molar-refractivity contribution >= 4 is 40.8 Å². The number of amides is 2. The summed E-state index contributed by atoms with van der Waals surface area (Å²) >= 11 is 0. The van der Waals surface area contributed by atoms with Gasteiger partial charge in [0.25, 0.3) is 5.69 Å². The Balaban J connectivity index is 1.91. The van der Waals surface area contributed by atoms with Crippen molar-refractivity contribution in [3.63, 3.8) is 0 Å². The summed E-state index contributed by atoms with van der Waals surface area (Å²) in [5.41, 5.74) is -4.16. The van der Waals surface area contributed by atoms with Crippen molar-refractivity contribution in [3.05, 3.63) is 58.6 Å². The van der Waals surface area contributed by atoms with E-state index in [0.29, 0.717) is 0 Å². The van der Waals surface area contributed by atoms with Crippen LogP contribution in [-0.4, -0.2) is 38.9 Å². The number of nitrogens with one attached hydrogen (secondary N) is 2. The SMILES string of the molecule is CC1(C(=O)O)C(C(=O)Nc2ccc(OON)cc2)C(C)(C(=O)O)C1C(=O)Nc1ccc([N+](=O)[O-])cc1. The van der Waals surface area contributed by atoms with E-state index in [0.717, 1.165) is 26.0 Å². The first kappa shape index (κ1) is 26.1. The second kappa shape index (κ2) is 9.59. The van der Waals surface area contributed by atoms with E-state index in [2.05, 4.69) is 20.5 Å². The lowest BCUT2D eigenvalue weighted by molar-refractivity contribution is -0.384. The number of rotatable bonds is 9. The van der Waals surface area contributed by atoms with Crippen molar-refractivity contribution in [2.45, 2.75) is 13.8 Å². The molecule has 1 aliphatic rings. The Morgan fingerprint density at radius 2 is 1.25 bits per heavy atom. The van der Waals surface area contributed by atoms with Gasteiger partial charge in [-0.05, 0) is 50.2 Å². The van der Waals surface area contributed by atoms with Gasteiger partial charge in [0.15, 0.2) is 5.75 Å². The molecule has 6 N–H and O–H groups in total. The van der Waals surface area contributed by atoms with Crippen molar-refractivity contribution in [1.29, 1.82) is 0 Å². The Bertz CT molecular complexity index is 1190. The summed E-state index contributed by atoms with van der Waals surface area (Å²) in [5.74, 6) is -3.29. The quantitative estimate of drug-likeness (QED) is 0.189. The molecule has 0 bridgehead atoms. The fraction of sp³-hybridized carbons (Fsp3) is 0.273. The predicted octanol–water partition coefficient (Wildman–Crippen LogP) is 1.78. The first-order chi connectivity index (χ1) is 16.9. The molecule has 0 aromatic heterocycles. The summed E-state index contributed by atoms with van der Waals surface area (Å²) < 4.78 is 0. The molecule has 14 nitrogen and oxygen atoms in total. The maximum Gasteiger partial charge on any atom is 0.311 e. The van der Waals surface area contributed by atoms with Gasteiger partial charge in [-0.25, -0.2) is 0 Å². The van der Waals surface area contributed by atoms with Crippen LogP contribution in [0.25, 0.3) is 0 Å². The number of carbonyl (C=O) groups excluding carboxylic acids is 2. The molecule has 1 aliphatic carbocycles. The highest BCUT2D eigenvalue weighted by molar-refractivity contribution is 6.09. The average molecular weight is 502 g/mol. The molecule has 2 amide bonds. The zero-order valence-corrected chi connectivity index (χ0v) is 19.0. The Hall–Kier alpha value is -4.56. The number of anilines is 2. The van der Waals surface area contributed by atoms with Gasteiger partial charge in [-0.2, -0.15) is 5.90 Å². The number of hydrogen-bond donors (Lipinski definition) is 5. The largest absolute Gasteiger partial charge is 0.481 e. The van der Waals surface area contributed by atoms with Crippen LogP contribution in [0.2, 0.25) is 0 Å². The number of non-ortho nitro benzene ring substituents is 1. The minimum absolute atomic E-state index is 0.0859. The lowest BCUT2D eigenvalue weighted by atomic mass is 9.39. The van der Waals surface area contributed by atoms with E-state index >= 15 is 0 Å². The van der Waals surface area contributed by atoms with E-state index in [1.54, 1.807) is 0 Å². The Morgan fingerprint density at radius 3 is 1.58 bits per heavy atom. The normalized spacial score (nSPS) is 24.6. The van der Waals surface area contributed by atoms with Crippen LogP contribution in [-0.2, 0) is 24.2 Å². The number of nitro benzene ring substituents is 1. The molecule has 2 aromatic carbocycles. The first-order valence-corrected chi connectivity index (χ1v) is 10.3. The van der Waals surface area contributed by atoms with Crippen molar-refractivity contribution in [3.8, 4) is 5.75 Å². The number of aliphatic carboxylic acids is 2. The molecule has 0 saturated heterocycles. The van der Waals surface area contributed by atoms with Crippen molar-refractivity contribution in [2.75, 3.05) is 10.6 Å². The highest BCUT2D eigenvalue weighted by atomic mass is 17.3. The third-order valence-corrected chi connectivity index (χ3v) is 6.46. The maximum atomic E-state index is 13.2. The van der Waals surface area contributed by atoms with Crippen LogP contribution in [0.4, 0.5) is 17.1 Å². The van der Waals surface area contributed by atoms with Crippen LogP contribution < -0.4 is 21.4 Å². The zero-order chi connectivity index (χ0) is 26.8. The van der Waals surface area contributed by atoms with E-state index in [1.807, 2.05) is 0 Å². The number of carboxylic acids is 2. The van der Waals surface area contributed by atoms with Crippen LogP contribution in [0.5, 0.6) is 5.75 Å². The van der Waals surface area contributed by atoms with Gasteiger partial charge in [0.05, 0.1) is 27.6 Å². The Morgan fingerprint density at radius 1 is 0.861 bits per heavy atom. The number of carbonyl (C=O) groups is 4. The van der Waals surface area contributed by atoms with E-state index < -0.39 is 51.3 Å². The number of nitrogens with two attached hydrogens (primary N) is 1. The predicted molar refractivity (Wildman–Crippen MR) is 121 cm³/mol. The fourth-order valence-corrected chi connectivity index (χ4v) is 4.81. The average Bonchev–Trinajstić information content (AvgIpc) is 2.80. The molecule has 0 spiro atoms. The van der Waals surface area contributed by atoms with E-state index in [-0.39, 0.29) is 22.8 Å². The summed E-state index contributed by atoms with van der Waals surface area (Å²) in [7, 11) is 0. The second-order valence-electron chi connectivity index (χ2n) is 8.53. The van der Waals surface area contributed by atoms with Gasteiger partial charge in [0, 0.05) is 23.5 Å². The standard InChI is InChI=1S/C22H22N4O10/c1-21(19(29)30)15(17(27)24-11-3-7-13(8-4-11)26(33)34)22(2,20(31)32)16(21)18(28)25-12-5-9-14(10-6-12)35-36-23/h3-10,15-16H,23H2,1-2H3,(H,24,27)(H,25,28)(H,29,30)(H,31,32). The topological polar surface area (TPSA) is 220 Å². The van der Waals surface area contributed by atoms with Gasteiger partial charge in [0.2, 0.25) is 11.8 Å². The fourth-order valence-electron chi connectivity index (χ4n) is 4.81. The number of nitrogens with zero attached hydrogens (tertiary/aromatic N) is 1. The van der Waals surface area contributed by atoms with E-state index in [4.69, 9.17) is 5.90 Å². The summed E-state index contributed by atoms with van der Waals surface area (Å²) in [6, 6.07) is 10.2. The third kappa shape index (κ3) is 4.30. The maximum absolute atomic E-state index is 13.2. The lowest BCUT2D eigenvalue weighted by Crippen LogP contribution is -2.74. The number of hydrogen-bond acceptors (Lipinski definition) is 9. The molecule has 0 aliphatic heterocycles. The summed E-state index contributed by atoms with van der Waals surface area (Å²) in [5, 5.41) is 35.7. The Kier molecular flexibility index (Phi) is 6.94. The lowest BCUT2D eigenvalue weighted by Gasteiger charge is -2.59. The summed E-state index contributed by atoms with van der Waals surface area (Å²) in [6.07, 6.45) is 0. The molecule has 1 fully saturated rings. The van der Waals surface area contributed by atoms with Gasteiger partial charge in [0.1, 0.15) is 0 Å². The molecule has 0 heterocycles. The molecule has 36 heavy (non-hydrogen) atoms. The van der Waals surface area contributed by atoms with E-state index in [1.165, 1.54) is 36.4 Å². The van der Waals surface area contributed by atoms with Crippen LogP contribution in [0.1, 0.15) is 13.8 Å².